The summed E-state index contributed by atoms with van der Waals surface area (Å²) < 4.78 is 13.5. The average Bonchev–Trinajstić information content (AvgIpc) is 2.42. The molecule has 0 unspecified atom stereocenters. The highest BCUT2D eigenvalue weighted by atomic mass is 19.1. The molecule has 104 valence electrons. The summed E-state index contributed by atoms with van der Waals surface area (Å²) in [6.07, 6.45) is 7.11. The zero-order valence-corrected chi connectivity index (χ0v) is 11.7. The number of carbonyl (C=O) groups is 1. The smallest absolute Gasteiger partial charge is 0.140 e. The Hall–Kier alpha value is -1.18. The van der Waals surface area contributed by atoms with Crippen LogP contribution >= 0.6 is 0 Å². The van der Waals surface area contributed by atoms with Gasteiger partial charge < -0.3 is 0 Å². The van der Waals surface area contributed by atoms with E-state index in [2.05, 4.69) is 6.92 Å². The van der Waals surface area contributed by atoms with Crippen LogP contribution in [0.4, 0.5) is 4.39 Å². The minimum atomic E-state index is -0.254. The van der Waals surface area contributed by atoms with Gasteiger partial charge in [-0.2, -0.15) is 0 Å². The lowest BCUT2D eigenvalue weighted by molar-refractivity contribution is -0.123. The Labute approximate surface area is 115 Å². The molecule has 1 aliphatic rings. The minimum Gasteiger partial charge on any atom is -0.299 e. The van der Waals surface area contributed by atoms with Crippen LogP contribution in [0.25, 0.3) is 0 Å². The fourth-order valence-corrected chi connectivity index (χ4v) is 3.16. The maximum Gasteiger partial charge on any atom is 0.140 e. The molecule has 19 heavy (non-hydrogen) atoms. The summed E-state index contributed by atoms with van der Waals surface area (Å²) in [5.74, 6) is 0.936. The van der Waals surface area contributed by atoms with Crippen molar-refractivity contribution in [1.29, 1.82) is 0 Å². The summed E-state index contributed by atoms with van der Waals surface area (Å²) in [6.45, 7) is 2.22. The molecule has 1 aromatic carbocycles. The van der Waals surface area contributed by atoms with Crippen LogP contribution in [0, 0.1) is 17.7 Å². The van der Waals surface area contributed by atoms with Crippen molar-refractivity contribution in [3.05, 3.63) is 35.6 Å². The lowest BCUT2D eigenvalue weighted by Gasteiger charge is -2.27. The van der Waals surface area contributed by atoms with E-state index in [9.17, 15) is 9.18 Å². The zero-order chi connectivity index (χ0) is 13.7. The highest BCUT2D eigenvalue weighted by Gasteiger charge is 2.26. The molecule has 0 radical (unpaired) electrons. The summed E-state index contributed by atoms with van der Waals surface area (Å²) in [5, 5.41) is 0. The molecule has 2 heteroatoms. The second-order valence-corrected chi connectivity index (χ2v) is 5.74. The van der Waals surface area contributed by atoms with Crippen LogP contribution in [0.5, 0.6) is 0 Å². The van der Waals surface area contributed by atoms with Crippen molar-refractivity contribution in [3.63, 3.8) is 0 Å². The van der Waals surface area contributed by atoms with E-state index >= 15 is 0 Å². The van der Waals surface area contributed by atoms with Crippen molar-refractivity contribution in [2.24, 2.45) is 11.8 Å². The Morgan fingerprint density at radius 1 is 1.21 bits per heavy atom. The van der Waals surface area contributed by atoms with Crippen molar-refractivity contribution in [3.8, 4) is 0 Å². The first-order valence-corrected chi connectivity index (χ1v) is 7.46. The van der Waals surface area contributed by atoms with E-state index in [0.717, 1.165) is 18.8 Å². The Balaban J connectivity index is 1.87. The van der Waals surface area contributed by atoms with E-state index in [-0.39, 0.29) is 23.9 Å². The van der Waals surface area contributed by atoms with Gasteiger partial charge in [0, 0.05) is 12.3 Å². The molecule has 1 saturated carbocycles. The van der Waals surface area contributed by atoms with Crippen LogP contribution in [0.15, 0.2) is 24.3 Å². The molecule has 0 spiro atoms. The van der Waals surface area contributed by atoms with Gasteiger partial charge in [-0.05, 0) is 43.2 Å². The third-order valence-corrected chi connectivity index (χ3v) is 4.32. The average molecular weight is 262 g/mol. The molecule has 0 aliphatic heterocycles. The number of benzene rings is 1. The Bertz CT molecular complexity index is 419. The quantitative estimate of drug-likeness (QED) is 0.761. The van der Waals surface area contributed by atoms with Crippen molar-refractivity contribution in [1.82, 2.24) is 0 Å². The van der Waals surface area contributed by atoms with E-state index in [4.69, 9.17) is 0 Å². The van der Waals surface area contributed by atoms with Crippen LogP contribution < -0.4 is 0 Å². The lowest BCUT2D eigenvalue weighted by Crippen LogP contribution is -2.23. The predicted octanol–water partition coefficient (Wildman–Crippen LogP) is 4.54. The molecule has 0 saturated heterocycles. The highest BCUT2D eigenvalue weighted by molar-refractivity contribution is 5.83. The second-order valence-electron chi connectivity index (χ2n) is 5.74. The highest BCUT2D eigenvalue weighted by Crippen LogP contribution is 2.32. The number of hydrogen-bond donors (Lipinski definition) is 0. The van der Waals surface area contributed by atoms with E-state index < -0.39 is 0 Å². The van der Waals surface area contributed by atoms with E-state index in [1.807, 2.05) is 0 Å². The van der Waals surface area contributed by atoms with Crippen molar-refractivity contribution < 1.29 is 9.18 Å². The van der Waals surface area contributed by atoms with E-state index in [0.29, 0.717) is 5.56 Å². The molecule has 2 rings (SSSR count). The predicted molar refractivity (Wildman–Crippen MR) is 75.5 cm³/mol. The second kappa shape index (κ2) is 6.83. The summed E-state index contributed by atoms with van der Waals surface area (Å²) in [6, 6.07) is 6.61. The third kappa shape index (κ3) is 3.89. The van der Waals surface area contributed by atoms with Crippen molar-refractivity contribution >= 4 is 5.78 Å². The van der Waals surface area contributed by atoms with E-state index in [1.165, 1.54) is 31.7 Å². The fourth-order valence-electron chi connectivity index (χ4n) is 3.16. The number of carbonyl (C=O) groups excluding carboxylic acids is 1. The Morgan fingerprint density at radius 2 is 1.89 bits per heavy atom. The molecule has 0 amide bonds. The minimum absolute atomic E-state index is 0.160. The zero-order valence-electron chi connectivity index (χ0n) is 11.7. The van der Waals surface area contributed by atoms with Crippen molar-refractivity contribution in [2.75, 3.05) is 0 Å². The van der Waals surface area contributed by atoms with Gasteiger partial charge in [-0.3, -0.25) is 4.79 Å². The molecule has 1 aromatic rings. The Morgan fingerprint density at radius 3 is 2.53 bits per heavy atom. The number of rotatable bonds is 5. The van der Waals surface area contributed by atoms with Gasteiger partial charge in [0.1, 0.15) is 11.6 Å². The summed E-state index contributed by atoms with van der Waals surface area (Å²) in [4.78, 5) is 12.2. The molecular weight excluding hydrogens is 239 g/mol. The molecule has 0 heterocycles. The molecule has 1 nitrogen and oxygen atoms in total. The largest absolute Gasteiger partial charge is 0.299 e. The van der Waals surface area contributed by atoms with Crippen LogP contribution in [-0.4, -0.2) is 5.78 Å². The van der Waals surface area contributed by atoms with Crippen LogP contribution in [0.3, 0.4) is 0 Å². The van der Waals surface area contributed by atoms with Gasteiger partial charge in [-0.25, -0.2) is 4.39 Å². The Kier molecular flexibility index (Phi) is 5.12. The van der Waals surface area contributed by atoms with Crippen LogP contribution in [-0.2, 0) is 11.2 Å². The standard InChI is InChI=1S/C17H23FO/c1-2-5-13-8-10-14(11-9-13)17(19)12-15-6-3-4-7-16(15)18/h3-4,6-7,13-14H,2,5,8-12H2,1H3. The monoisotopic (exact) mass is 262 g/mol. The maximum absolute atomic E-state index is 13.5. The lowest BCUT2D eigenvalue weighted by atomic mass is 9.77. The van der Waals surface area contributed by atoms with Gasteiger partial charge in [0.15, 0.2) is 0 Å². The number of hydrogen-bond acceptors (Lipinski definition) is 1. The molecule has 1 aliphatic carbocycles. The van der Waals surface area contributed by atoms with Gasteiger partial charge in [-0.15, -0.1) is 0 Å². The molecule has 0 N–H and O–H groups in total. The molecule has 0 atom stereocenters. The molecule has 0 aromatic heterocycles. The van der Waals surface area contributed by atoms with E-state index in [1.54, 1.807) is 18.2 Å². The van der Waals surface area contributed by atoms with Crippen molar-refractivity contribution in [2.45, 2.75) is 51.9 Å². The van der Waals surface area contributed by atoms with Gasteiger partial charge in [0.05, 0.1) is 0 Å². The number of ketones is 1. The molecule has 0 bridgehead atoms. The topological polar surface area (TPSA) is 17.1 Å². The molecular formula is C17H23FO. The van der Waals surface area contributed by atoms with Crippen LogP contribution in [0.2, 0.25) is 0 Å². The summed E-state index contributed by atoms with van der Waals surface area (Å²) in [5.41, 5.74) is 0.545. The normalized spacial score (nSPS) is 23.3. The first-order valence-electron chi connectivity index (χ1n) is 7.46. The van der Waals surface area contributed by atoms with Crippen LogP contribution in [0.1, 0.15) is 51.0 Å². The van der Waals surface area contributed by atoms with Gasteiger partial charge in [0.25, 0.3) is 0 Å². The summed E-state index contributed by atoms with van der Waals surface area (Å²) >= 11 is 0. The summed E-state index contributed by atoms with van der Waals surface area (Å²) in [7, 11) is 0. The first kappa shape index (κ1) is 14.2. The van der Waals surface area contributed by atoms with Gasteiger partial charge in [0.2, 0.25) is 0 Å². The third-order valence-electron chi connectivity index (χ3n) is 4.32. The number of Topliss-reactive ketones (excluding diaryl/α,β-unsaturated/α-hetero) is 1. The number of halogens is 1. The molecule has 1 fully saturated rings. The maximum atomic E-state index is 13.5. The first-order chi connectivity index (χ1) is 9.20. The fraction of sp³-hybridized carbons (Fsp3) is 0.588. The SMILES string of the molecule is CCCC1CCC(C(=O)Cc2ccccc2F)CC1. The van der Waals surface area contributed by atoms with Gasteiger partial charge in [-0.1, -0.05) is 38.0 Å². The van der Waals surface area contributed by atoms with Gasteiger partial charge >= 0.3 is 0 Å².